The predicted octanol–water partition coefficient (Wildman–Crippen LogP) is 6.08. The molecular weight excluding hydrogens is 577 g/mol. The lowest BCUT2D eigenvalue weighted by molar-refractivity contribution is -0.141. The number of aryl methyl sites for hydroxylation is 1. The van der Waals surface area contributed by atoms with Gasteiger partial charge in [-0.25, -0.2) is 12.8 Å². The number of amides is 2. The summed E-state index contributed by atoms with van der Waals surface area (Å²) in [4.78, 5) is 29.5. The van der Waals surface area contributed by atoms with Gasteiger partial charge in [0, 0.05) is 32.0 Å². The van der Waals surface area contributed by atoms with E-state index >= 15 is 0 Å². The molecule has 1 N–H and O–H groups in total. The molecule has 1 atom stereocenters. The molecule has 0 radical (unpaired) electrons. The molecule has 1 unspecified atom stereocenters. The van der Waals surface area contributed by atoms with Crippen molar-refractivity contribution in [3.05, 3.63) is 101 Å². The van der Waals surface area contributed by atoms with E-state index in [0.29, 0.717) is 17.7 Å². The fourth-order valence-corrected chi connectivity index (χ4v) is 6.89. The Bertz CT molecular complexity index is 1510. The number of hydrogen-bond donors (Lipinski definition) is 1. The van der Waals surface area contributed by atoms with Crippen molar-refractivity contribution in [2.45, 2.75) is 83.8 Å². The van der Waals surface area contributed by atoms with E-state index in [4.69, 9.17) is 0 Å². The highest BCUT2D eigenvalue weighted by molar-refractivity contribution is 7.92. The SMILES string of the molecule is Cc1cccc(N(CCCC(=O)N(Cc2ccc(F)cc2)C(Cc2ccccc2)C(=O)NC2CCCCC2)S(C)(=O)=O)c1C. The van der Waals surface area contributed by atoms with E-state index in [-0.39, 0.29) is 49.6 Å². The maximum atomic E-state index is 14.0. The molecule has 1 fully saturated rings. The lowest BCUT2D eigenvalue weighted by Gasteiger charge is -2.34. The highest BCUT2D eigenvalue weighted by atomic mass is 32.2. The third kappa shape index (κ3) is 9.14. The van der Waals surface area contributed by atoms with E-state index < -0.39 is 16.1 Å². The Hall–Kier alpha value is -3.72. The molecule has 0 aliphatic heterocycles. The number of nitrogens with one attached hydrogen (secondary N) is 1. The van der Waals surface area contributed by atoms with Crippen LogP contribution in [0.1, 0.15) is 67.2 Å². The van der Waals surface area contributed by atoms with Crippen LogP contribution in [0.3, 0.4) is 0 Å². The van der Waals surface area contributed by atoms with E-state index in [1.807, 2.05) is 56.3 Å². The minimum atomic E-state index is -3.61. The quantitative estimate of drug-likeness (QED) is 0.251. The molecule has 1 saturated carbocycles. The van der Waals surface area contributed by atoms with Crippen LogP contribution < -0.4 is 9.62 Å². The molecule has 3 aromatic carbocycles. The second kappa shape index (κ2) is 15.3. The Balaban J connectivity index is 1.60. The second-order valence-corrected chi connectivity index (χ2v) is 13.8. The fourth-order valence-electron chi connectivity index (χ4n) is 5.87. The number of benzene rings is 3. The smallest absolute Gasteiger partial charge is 0.243 e. The van der Waals surface area contributed by atoms with Gasteiger partial charge in [-0.3, -0.25) is 13.9 Å². The summed E-state index contributed by atoms with van der Waals surface area (Å²) in [5.74, 6) is -0.845. The van der Waals surface area contributed by atoms with Crippen molar-refractivity contribution in [2.24, 2.45) is 0 Å². The van der Waals surface area contributed by atoms with Gasteiger partial charge < -0.3 is 10.2 Å². The summed E-state index contributed by atoms with van der Waals surface area (Å²) in [6.45, 7) is 4.07. The van der Waals surface area contributed by atoms with Gasteiger partial charge in [0.05, 0.1) is 11.9 Å². The lowest BCUT2D eigenvalue weighted by Crippen LogP contribution is -2.52. The van der Waals surface area contributed by atoms with E-state index in [9.17, 15) is 22.4 Å². The number of carbonyl (C=O) groups is 2. The first-order valence-corrected chi connectivity index (χ1v) is 17.3. The van der Waals surface area contributed by atoms with Crippen molar-refractivity contribution in [3.63, 3.8) is 0 Å². The second-order valence-electron chi connectivity index (χ2n) is 11.9. The molecule has 9 heteroatoms. The zero-order chi connectivity index (χ0) is 31.7. The third-order valence-corrected chi connectivity index (χ3v) is 9.67. The van der Waals surface area contributed by atoms with Crippen LogP contribution in [0.25, 0.3) is 0 Å². The number of rotatable bonds is 13. The van der Waals surface area contributed by atoms with Crippen LogP contribution >= 0.6 is 0 Å². The first-order valence-electron chi connectivity index (χ1n) is 15.4. The molecular formula is C35H44FN3O4S. The number of nitrogens with zero attached hydrogens (tertiary/aromatic N) is 2. The molecule has 1 aliphatic rings. The van der Waals surface area contributed by atoms with Gasteiger partial charge in [0.2, 0.25) is 21.8 Å². The highest BCUT2D eigenvalue weighted by Crippen LogP contribution is 2.26. The molecule has 0 spiro atoms. The molecule has 0 aromatic heterocycles. The first-order chi connectivity index (χ1) is 21.0. The highest BCUT2D eigenvalue weighted by Gasteiger charge is 2.32. The Labute approximate surface area is 261 Å². The van der Waals surface area contributed by atoms with Crippen LogP contribution in [-0.4, -0.2) is 50.0 Å². The molecule has 7 nitrogen and oxygen atoms in total. The Morgan fingerprint density at radius 1 is 0.909 bits per heavy atom. The molecule has 44 heavy (non-hydrogen) atoms. The number of anilines is 1. The number of carbonyl (C=O) groups excluding carboxylic acids is 2. The lowest BCUT2D eigenvalue weighted by atomic mass is 9.94. The van der Waals surface area contributed by atoms with Crippen molar-refractivity contribution in [2.75, 3.05) is 17.1 Å². The average molecular weight is 622 g/mol. The van der Waals surface area contributed by atoms with Gasteiger partial charge in [0.1, 0.15) is 11.9 Å². The Kier molecular flexibility index (Phi) is 11.6. The maximum absolute atomic E-state index is 14.0. The third-order valence-electron chi connectivity index (χ3n) is 8.49. The van der Waals surface area contributed by atoms with Gasteiger partial charge in [0.15, 0.2) is 0 Å². The summed E-state index contributed by atoms with van der Waals surface area (Å²) >= 11 is 0. The van der Waals surface area contributed by atoms with E-state index in [2.05, 4.69) is 5.32 Å². The Morgan fingerprint density at radius 2 is 1.59 bits per heavy atom. The molecule has 2 amide bonds. The van der Waals surface area contributed by atoms with Crippen molar-refractivity contribution < 1.29 is 22.4 Å². The topological polar surface area (TPSA) is 86.8 Å². The number of halogens is 1. The summed E-state index contributed by atoms with van der Waals surface area (Å²) in [6, 6.07) is 20.4. The van der Waals surface area contributed by atoms with Crippen LogP contribution in [0, 0.1) is 19.7 Å². The van der Waals surface area contributed by atoms with Gasteiger partial charge in [-0.15, -0.1) is 0 Å². The minimum absolute atomic E-state index is 0.0417. The van der Waals surface area contributed by atoms with Gasteiger partial charge in [-0.05, 0) is 73.6 Å². The molecule has 236 valence electrons. The van der Waals surface area contributed by atoms with Crippen LogP contribution in [-0.2, 0) is 32.6 Å². The van der Waals surface area contributed by atoms with Crippen LogP contribution in [0.15, 0.2) is 72.8 Å². The van der Waals surface area contributed by atoms with E-state index in [0.717, 1.165) is 48.8 Å². The summed E-state index contributed by atoms with van der Waals surface area (Å²) in [7, 11) is -3.61. The predicted molar refractivity (Wildman–Crippen MR) is 173 cm³/mol. The summed E-state index contributed by atoms with van der Waals surface area (Å²) < 4.78 is 40.7. The molecule has 3 aromatic rings. The molecule has 1 aliphatic carbocycles. The van der Waals surface area contributed by atoms with Crippen LogP contribution in [0.4, 0.5) is 10.1 Å². The van der Waals surface area contributed by atoms with Gasteiger partial charge in [-0.1, -0.05) is 73.9 Å². The average Bonchev–Trinajstić information content (AvgIpc) is 3.00. The molecule has 0 saturated heterocycles. The van der Waals surface area contributed by atoms with Gasteiger partial charge in [-0.2, -0.15) is 0 Å². The van der Waals surface area contributed by atoms with Crippen molar-refractivity contribution in [3.8, 4) is 0 Å². The van der Waals surface area contributed by atoms with E-state index in [1.54, 1.807) is 23.1 Å². The zero-order valence-electron chi connectivity index (χ0n) is 26.0. The van der Waals surface area contributed by atoms with E-state index in [1.165, 1.54) is 22.7 Å². The first kappa shape index (κ1) is 33.2. The van der Waals surface area contributed by atoms with Crippen LogP contribution in [0.2, 0.25) is 0 Å². The summed E-state index contributed by atoms with van der Waals surface area (Å²) in [5, 5.41) is 3.22. The van der Waals surface area contributed by atoms with Gasteiger partial charge in [0.25, 0.3) is 0 Å². The van der Waals surface area contributed by atoms with Crippen molar-refractivity contribution in [1.29, 1.82) is 0 Å². The van der Waals surface area contributed by atoms with Crippen LogP contribution in [0.5, 0.6) is 0 Å². The standard InChI is InChI=1S/C35H44FN3O4S/c1-26-12-10-17-32(27(26)2)39(44(3,42)43)23-11-18-34(40)38(25-29-19-21-30(36)22-20-29)33(24-28-13-6-4-7-14-28)35(41)37-31-15-8-5-9-16-31/h4,6-7,10,12-14,17,19-22,31,33H,5,8-9,11,15-16,18,23-25H2,1-3H3,(H,37,41). The minimum Gasteiger partial charge on any atom is -0.352 e. The normalized spacial score (nSPS) is 14.5. The molecule has 0 heterocycles. The Morgan fingerprint density at radius 3 is 2.25 bits per heavy atom. The maximum Gasteiger partial charge on any atom is 0.243 e. The summed E-state index contributed by atoms with van der Waals surface area (Å²) in [5.41, 5.74) is 4.06. The van der Waals surface area contributed by atoms with Crippen molar-refractivity contribution in [1.82, 2.24) is 10.2 Å². The number of sulfonamides is 1. The monoisotopic (exact) mass is 621 g/mol. The number of hydrogen-bond acceptors (Lipinski definition) is 4. The molecule has 4 rings (SSSR count). The van der Waals surface area contributed by atoms with Gasteiger partial charge >= 0.3 is 0 Å². The van der Waals surface area contributed by atoms with Crippen molar-refractivity contribution >= 4 is 27.5 Å². The zero-order valence-corrected chi connectivity index (χ0v) is 26.8. The molecule has 0 bridgehead atoms. The summed E-state index contributed by atoms with van der Waals surface area (Å²) in [6.07, 6.45) is 6.90. The fraction of sp³-hybridized carbons (Fsp3) is 0.429. The largest absolute Gasteiger partial charge is 0.352 e.